The van der Waals surface area contributed by atoms with Gasteiger partial charge in [0.25, 0.3) is 0 Å². The fourth-order valence-electron chi connectivity index (χ4n) is 9.44. The van der Waals surface area contributed by atoms with Crippen molar-refractivity contribution in [2.24, 2.45) is 40.4 Å². The summed E-state index contributed by atoms with van der Waals surface area (Å²) in [4.78, 5) is 0. The molecule has 7 heteroatoms. The van der Waals surface area contributed by atoms with Gasteiger partial charge in [0.2, 0.25) is 0 Å². The van der Waals surface area contributed by atoms with Crippen LogP contribution in [-0.2, 0) is 0 Å². The second kappa shape index (κ2) is 8.93. The molecule has 0 radical (unpaired) electrons. The van der Waals surface area contributed by atoms with Crippen molar-refractivity contribution in [2.45, 2.75) is 121 Å². The smallest absolute Gasteiger partial charge is 0.0985 e. The van der Waals surface area contributed by atoms with Gasteiger partial charge in [0, 0.05) is 11.8 Å². The standard InChI is InChI=1S/C27H48O7/c1-15(6-5-9-24(2,33)14-28)20-22(31)23(32)21-17-12-19(30)27(34)13-16(29)7-11-26(27,4)18(17)8-10-25(20,21)3/h15-23,28-34H,5-14H2,1-4H3. The molecule has 13 unspecified atom stereocenters. The van der Waals surface area contributed by atoms with Crippen molar-refractivity contribution in [2.75, 3.05) is 6.61 Å². The molecule has 34 heavy (non-hydrogen) atoms. The van der Waals surface area contributed by atoms with E-state index in [1.165, 1.54) is 0 Å². The Bertz CT molecular complexity index is 744. The van der Waals surface area contributed by atoms with Crippen LogP contribution in [0.15, 0.2) is 0 Å². The summed E-state index contributed by atoms with van der Waals surface area (Å²) in [5.74, 6) is 0.0217. The van der Waals surface area contributed by atoms with Crippen LogP contribution in [0.1, 0.15) is 85.5 Å². The van der Waals surface area contributed by atoms with Crippen molar-refractivity contribution >= 4 is 0 Å². The molecule has 4 rings (SSSR count). The molecule has 4 saturated carbocycles. The van der Waals surface area contributed by atoms with Gasteiger partial charge in [-0.15, -0.1) is 0 Å². The third-order valence-electron chi connectivity index (χ3n) is 11.3. The summed E-state index contributed by atoms with van der Waals surface area (Å²) in [7, 11) is 0. The molecule has 7 N–H and O–H groups in total. The molecular formula is C27H48O7. The predicted octanol–water partition coefficient (Wildman–Crippen LogP) is 1.58. The number of rotatable bonds is 6. The summed E-state index contributed by atoms with van der Waals surface area (Å²) in [5.41, 5.74) is -3.23. The Balaban J connectivity index is 1.57. The van der Waals surface area contributed by atoms with E-state index in [1.807, 2.05) is 0 Å². The maximum atomic E-state index is 11.6. The lowest BCUT2D eigenvalue weighted by Gasteiger charge is -2.65. The number of fused-ring (bicyclic) bond motifs is 5. The van der Waals surface area contributed by atoms with Gasteiger partial charge >= 0.3 is 0 Å². The minimum absolute atomic E-state index is 0.00578. The number of hydrogen-bond acceptors (Lipinski definition) is 7. The first kappa shape index (κ1) is 26.8. The Hall–Kier alpha value is -0.280. The molecule has 0 amide bonds. The average Bonchev–Trinajstić information content (AvgIpc) is 2.96. The molecule has 0 heterocycles. The highest BCUT2D eigenvalue weighted by Crippen LogP contribution is 2.69. The normalized spacial score (nSPS) is 53.4. The molecule has 0 aromatic rings. The van der Waals surface area contributed by atoms with Crippen LogP contribution in [0, 0.1) is 40.4 Å². The average molecular weight is 485 g/mol. The molecule has 4 aliphatic rings. The van der Waals surface area contributed by atoms with Gasteiger partial charge in [-0.1, -0.05) is 33.6 Å². The SMILES string of the molecule is CC(CCCC(C)(O)CO)C1C(O)C(O)C2C3CC(O)C4(O)CC(O)CCC4(C)C3CCC12C. The summed E-state index contributed by atoms with van der Waals surface area (Å²) < 4.78 is 0. The van der Waals surface area contributed by atoms with E-state index in [-0.39, 0.29) is 48.0 Å². The van der Waals surface area contributed by atoms with Crippen LogP contribution in [0.25, 0.3) is 0 Å². The quantitative estimate of drug-likeness (QED) is 0.303. The maximum Gasteiger partial charge on any atom is 0.0985 e. The summed E-state index contributed by atoms with van der Waals surface area (Å²) in [6.45, 7) is 7.72. The van der Waals surface area contributed by atoms with Crippen molar-refractivity contribution in [3.63, 3.8) is 0 Å². The molecule has 4 fully saturated rings. The first-order valence-electron chi connectivity index (χ1n) is 13.5. The predicted molar refractivity (Wildman–Crippen MR) is 128 cm³/mol. The van der Waals surface area contributed by atoms with Crippen LogP contribution < -0.4 is 0 Å². The zero-order chi connectivity index (χ0) is 25.3. The van der Waals surface area contributed by atoms with Crippen LogP contribution in [-0.4, -0.2) is 78.0 Å². The van der Waals surface area contributed by atoms with Crippen molar-refractivity contribution in [3.05, 3.63) is 0 Å². The van der Waals surface area contributed by atoms with Gasteiger partial charge in [-0.05, 0) is 80.5 Å². The van der Waals surface area contributed by atoms with E-state index in [0.717, 1.165) is 25.7 Å². The van der Waals surface area contributed by atoms with Crippen molar-refractivity contribution in [3.8, 4) is 0 Å². The highest BCUT2D eigenvalue weighted by molar-refractivity contribution is 5.19. The van der Waals surface area contributed by atoms with Crippen LogP contribution in [0.5, 0.6) is 0 Å². The van der Waals surface area contributed by atoms with E-state index in [2.05, 4.69) is 20.8 Å². The van der Waals surface area contributed by atoms with E-state index in [9.17, 15) is 35.7 Å². The fraction of sp³-hybridized carbons (Fsp3) is 1.00. The van der Waals surface area contributed by atoms with Gasteiger partial charge in [-0.3, -0.25) is 0 Å². The van der Waals surface area contributed by atoms with Gasteiger partial charge in [-0.2, -0.15) is 0 Å². The largest absolute Gasteiger partial charge is 0.393 e. The van der Waals surface area contributed by atoms with E-state index in [0.29, 0.717) is 25.7 Å². The monoisotopic (exact) mass is 484 g/mol. The molecule has 7 nitrogen and oxygen atoms in total. The minimum Gasteiger partial charge on any atom is -0.393 e. The highest BCUT2D eigenvalue weighted by atomic mass is 16.4. The molecule has 0 saturated heterocycles. The van der Waals surface area contributed by atoms with Crippen molar-refractivity contribution < 1.29 is 35.7 Å². The summed E-state index contributed by atoms with van der Waals surface area (Å²) >= 11 is 0. The van der Waals surface area contributed by atoms with Gasteiger partial charge in [0.15, 0.2) is 0 Å². The lowest BCUT2D eigenvalue weighted by atomic mass is 9.42. The van der Waals surface area contributed by atoms with E-state index in [1.54, 1.807) is 6.92 Å². The Morgan fingerprint density at radius 3 is 2.35 bits per heavy atom. The minimum atomic E-state index is -1.32. The van der Waals surface area contributed by atoms with Crippen LogP contribution >= 0.6 is 0 Å². The van der Waals surface area contributed by atoms with Crippen LogP contribution in [0.4, 0.5) is 0 Å². The van der Waals surface area contributed by atoms with Gasteiger partial charge < -0.3 is 35.7 Å². The number of aliphatic hydroxyl groups is 7. The molecule has 198 valence electrons. The van der Waals surface area contributed by atoms with E-state index >= 15 is 0 Å². The van der Waals surface area contributed by atoms with Gasteiger partial charge in [0.1, 0.15) is 0 Å². The zero-order valence-corrected chi connectivity index (χ0v) is 21.4. The summed E-state index contributed by atoms with van der Waals surface area (Å²) in [6, 6.07) is 0. The first-order valence-corrected chi connectivity index (χ1v) is 13.5. The third kappa shape index (κ3) is 3.89. The Morgan fingerprint density at radius 2 is 1.71 bits per heavy atom. The Labute approximate surface area is 204 Å². The lowest BCUT2D eigenvalue weighted by Crippen LogP contribution is -2.69. The molecular weight excluding hydrogens is 436 g/mol. The molecule has 0 aliphatic heterocycles. The van der Waals surface area contributed by atoms with Gasteiger partial charge in [-0.25, -0.2) is 0 Å². The van der Waals surface area contributed by atoms with Gasteiger partial charge in [0.05, 0.1) is 42.2 Å². The van der Waals surface area contributed by atoms with Crippen molar-refractivity contribution in [1.82, 2.24) is 0 Å². The molecule has 0 bridgehead atoms. The molecule has 4 aliphatic carbocycles. The summed E-state index contributed by atoms with van der Waals surface area (Å²) in [6.07, 6.45) is 2.28. The Morgan fingerprint density at radius 1 is 1.03 bits per heavy atom. The topological polar surface area (TPSA) is 142 Å². The lowest BCUT2D eigenvalue weighted by molar-refractivity contribution is -0.268. The van der Waals surface area contributed by atoms with Crippen molar-refractivity contribution in [1.29, 1.82) is 0 Å². The third-order valence-corrected chi connectivity index (χ3v) is 11.3. The van der Waals surface area contributed by atoms with Crippen LogP contribution in [0.2, 0.25) is 0 Å². The highest BCUT2D eigenvalue weighted by Gasteiger charge is 2.70. The second-order valence-electron chi connectivity index (χ2n) is 13.4. The van der Waals surface area contributed by atoms with E-state index < -0.39 is 41.0 Å². The fourth-order valence-corrected chi connectivity index (χ4v) is 9.44. The summed E-state index contributed by atoms with van der Waals surface area (Å²) in [5, 5.41) is 75.2. The zero-order valence-electron chi connectivity index (χ0n) is 21.4. The van der Waals surface area contributed by atoms with E-state index in [4.69, 9.17) is 0 Å². The Kier molecular flexibility index (Phi) is 7.03. The second-order valence-corrected chi connectivity index (χ2v) is 13.4. The first-order chi connectivity index (χ1) is 15.7. The molecule has 0 spiro atoms. The molecule has 0 aromatic carbocycles. The molecule has 0 aromatic heterocycles. The molecule has 13 atom stereocenters. The number of hydrogen-bond donors (Lipinski definition) is 7. The van der Waals surface area contributed by atoms with Crippen LogP contribution in [0.3, 0.4) is 0 Å². The maximum absolute atomic E-state index is 11.6. The number of aliphatic hydroxyl groups excluding tert-OH is 5.